The monoisotopic (exact) mass is 350 g/mol. The van der Waals surface area contributed by atoms with Gasteiger partial charge in [0.15, 0.2) is 0 Å². The molecule has 1 aromatic rings. The lowest BCUT2D eigenvalue weighted by atomic mass is 10.00. The highest BCUT2D eigenvalue weighted by Gasteiger charge is 2.35. The maximum absolute atomic E-state index is 13.1. The number of piperidine rings is 1. The van der Waals surface area contributed by atoms with Crippen LogP contribution in [-0.4, -0.2) is 17.1 Å². The summed E-state index contributed by atoms with van der Waals surface area (Å²) in [4.78, 5) is 0. The number of nitrogens with zero attached hydrogens (tertiary/aromatic N) is 1. The van der Waals surface area contributed by atoms with Crippen molar-refractivity contribution in [3.05, 3.63) is 28.2 Å². The zero-order valence-electron chi connectivity index (χ0n) is 11.5. The third-order valence-electron chi connectivity index (χ3n) is 3.73. The number of hydrogen-bond acceptors (Lipinski definition) is 2. The number of hydrazine groups is 1. The second-order valence-electron chi connectivity index (χ2n) is 5.34. The zero-order chi connectivity index (χ0) is 14.9. The molecule has 2 unspecified atom stereocenters. The van der Waals surface area contributed by atoms with Crippen LogP contribution in [0, 0.1) is 0 Å². The molecule has 6 heteroatoms. The van der Waals surface area contributed by atoms with Crippen LogP contribution in [0.1, 0.15) is 38.7 Å². The highest BCUT2D eigenvalue weighted by atomic mass is 79.9. The van der Waals surface area contributed by atoms with Crippen LogP contribution in [0.2, 0.25) is 0 Å². The van der Waals surface area contributed by atoms with Crippen molar-refractivity contribution in [1.29, 1.82) is 0 Å². The molecule has 0 aliphatic carbocycles. The van der Waals surface area contributed by atoms with Gasteiger partial charge in [-0.15, -0.1) is 0 Å². The van der Waals surface area contributed by atoms with Crippen molar-refractivity contribution in [2.75, 3.05) is 5.43 Å². The Hall–Kier alpha value is -0.750. The third kappa shape index (κ3) is 3.47. The van der Waals surface area contributed by atoms with E-state index in [1.54, 1.807) is 6.07 Å². The number of anilines is 1. The molecule has 0 radical (unpaired) electrons. The predicted octanol–water partition coefficient (Wildman–Crippen LogP) is 5.06. The molecule has 20 heavy (non-hydrogen) atoms. The Balaban J connectivity index is 2.29. The quantitative estimate of drug-likeness (QED) is 0.801. The average molecular weight is 351 g/mol. The summed E-state index contributed by atoms with van der Waals surface area (Å²) in [5, 5.41) is 1.93. The van der Waals surface area contributed by atoms with Gasteiger partial charge in [-0.05, 0) is 44.9 Å². The van der Waals surface area contributed by atoms with E-state index in [2.05, 4.69) is 21.4 Å². The first kappa shape index (κ1) is 15.6. The largest absolute Gasteiger partial charge is 0.418 e. The van der Waals surface area contributed by atoms with E-state index in [0.717, 1.165) is 25.3 Å². The van der Waals surface area contributed by atoms with Crippen molar-refractivity contribution in [3.8, 4) is 0 Å². The molecule has 1 aromatic carbocycles. The average Bonchev–Trinajstić information content (AvgIpc) is 2.34. The van der Waals surface area contributed by atoms with Crippen LogP contribution in [-0.2, 0) is 6.18 Å². The van der Waals surface area contributed by atoms with E-state index < -0.39 is 11.7 Å². The number of hydrogen-bond donors (Lipinski definition) is 1. The molecule has 1 saturated heterocycles. The van der Waals surface area contributed by atoms with Crippen LogP contribution in [0.25, 0.3) is 0 Å². The third-order valence-corrected chi connectivity index (χ3v) is 4.22. The summed E-state index contributed by atoms with van der Waals surface area (Å²) in [7, 11) is 0. The predicted molar refractivity (Wildman–Crippen MR) is 77.4 cm³/mol. The Morgan fingerprint density at radius 1 is 1.20 bits per heavy atom. The van der Waals surface area contributed by atoms with Crippen molar-refractivity contribution in [1.82, 2.24) is 5.01 Å². The highest BCUT2D eigenvalue weighted by Crippen LogP contribution is 2.37. The molecule has 2 atom stereocenters. The summed E-state index contributed by atoms with van der Waals surface area (Å²) in [6.07, 6.45) is -1.26. The molecule has 0 bridgehead atoms. The van der Waals surface area contributed by atoms with Crippen molar-refractivity contribution < 1.29 is 13.2 Å². The first-order valence-electron chi connectivity index (χ1n) is 6.71. The molecule has 1 aliphatic rings. The maximum Gasteiger partial charge on any atom is 0.418 e. The van der Waals surface area contributed by atoms with Crippen LogP contribution < -0.4 is 5.43 Å². The van der Waals surface area contributed by atoms with Crippen LogP contribution in [0.4, 0.5) is 18.9 Å². The van der Waals surface area contributed by atoms with Gasteiger partial charge in [0.1, 0.15) is 0 Å². The van der Waals surface area contributed by atoms with Gasteiger partial charge in [0.05, 0.1) is 11.3 Å². The minimum atomic E-state index is -4.37. The molecule has 2 nitrogen and oxygen atoms in total. The molecule has 1 N–H and O–H groups in total. The second kappa shape index (κ2) is 5.93. The molecule has 1 aliphatic heterocycles. The van der Waals surface area contributed by atoms with E-state index in [1.165, 1.54) is 6.07 Å². The summed E-state index contributed by atoms with van der Waals surface area (Å²) in [6, 6.07) is 4.66. The van der Waals surface area contributed by atoms with Crippen molar-refractivity contribution in [2.24, 2.45) is 0 Å². The molecule has 0 saturated carbocycles. The molecule has 0 aromatic heterocycles. The number of nitrogens with one attached hydrogen (secondary N) is 1. The summed E-state index contributed by atoms with van der Waals surface area (Å²) in [5.74, 6) is 0. The zero-order valence-corrected chi connectivity index (χ0v) is 13.1. The topological polar surface area (TPSA) is 15.3 Å². The fraction of sp³-hybridized carbons (Fsp3) is 0.571. The molecule has 0 amide bonds. The van der Waals surface area contributed by atoms with Crippen LogP contribution in [0.3, 0.4) is 0 Å². The fourth-order valence-electron chi connectivity index (χ4n) is 2.63. The first-order valence-corrected chi connectivity index (χ1v) is 7.50. The molecule has 0 spiro atoms. The lowest BCUT2D eigenvalue weighted by Crippen LogP contribution is -2.47. The minimum Gasteiger partial charge on any atom is -0.318 e. The number of halogens is 4. The molecule has 1 fully saturated rings. The minimum absolute atomic E-state index is 0.112. The SMILES string of the molecule is CC1CCCC(C)N1Nc1ccc(Br)cc1C(F)(F)F. The fourth-order valence-corrected chi connectivity index (χ4v) is 2.99. The van der Waals surface area contributed by atoms with Crippen molar-refractivity contribution >= 4 is 21.6 Å². The van der Waals surface area contributed by atoms with E-state index in [9.17, 15) is 13.2 Å². The number of alkyl halides is 3. The molecule has 2 rings (SSSR count). The summed E-state index contributed by atoms with van der Waals surface area (Å²) >= 11 is 3.10. The Kier molecular flexibility index (Phi) is 4.64. The lowest BCUT2D eigenvalue weighted by Gasteiger charge is -2.40. The van der Waals surface area contributed by atoms with Crippen molar-refractivity contribution in [2.45, 2.75) is 51.4 Å². The lowest BCUT2D eigenvalue weighted by molar-refractivity contribution is -0.137. The van der Waals surface area contributed by atoms with E-state index in [4.69, 9.17) is 0 Å². The normalized spacial score (nSPS) is 24.7. The van der Waals surface area contributed by atoms with E-state index in [-0.39, 0.29) is 17.8 Å². The van der Waals surface area contributed by atoms with Gasteiger partial charge >= 0.3 is 6.18 Å². The van der Waals surface area contributed by atoms with E-state index >= 15 is 0 Å². The van der Waals surface area contributed by atoms with Crippen LogP contribution in [0.15, 0.2) is 22.7 Å². The van der Waals surface area contributed by atoms with Gasteiger partial charge in [-0.3, -0.25) is 0 Å². The Labute approximate surface area is 125 Å². The van der Waals surface area contributed by atoms with Gasteiger partial charge in [-0.2, -0.15) is 13.2 Å². The van der Waals surface area contributed by atoms with Crippen LogP contribution in [0.5, 0.6) is 0 Å². The second-order valence-corrected chi connectivity index (χ2v) is 6.25. The Morgan fingerprint density at radius 3 is 2.35 bits per heavy atom. The van der Waals surface area contributed by atoms with E-state index in [1.807, 2.05) is 18.9 Å². The van der Waals surface area contributed by atoms with Crippen molar-refractivity contribution in [3.63, 3.8) is 0 Å². The Morgan fingerprint density at radius 2 is 1.80 bits per heavy atom. The number of rotatable bonds is 2. The van der Waals surface area contributed by atoms with Gasteiger partial charge < -0.3 is 5.43 Å². The Bertz CT molecular complexity index is 466. The summed E-state index contributed by atoms with van der Waals surface area (Å²) in [5.41, 5.74) is 2.45. The number of benzene rings is 1. The van der Waals surface area contributed by atoms with Crippen LogP contribution >= 0.6 is 15.9 Å². The van der Waals surface area contributed by atoms with Gasteiger partial charge in [0, 0.05) is 16.6 Å². The summed E-state index contributed by atoms with van der Waals surface area (Å²) in [6.45, 7) is 4.07. The molecule has 112 valence electrons. The van der Waals surface area contributed by atoms with Gasteiger partial charge in [0.25, 0.3) is 0 Å². The molecular formula is C14H18BrF3N2. The van der Waals surface area contributed by atoms with Gasteiger partial charge in [-0.25, -0.2) is 5.01 Å². The summed E-state index contributed by atoms with van der Waals surface area (Å²) < 4.78 is 39.7. The highest BCUT2D eigenvalue weighted by molar-refractivity contribution is 9.10. The van der Waals surface area contributed by atoms with Gasteiger partial charge in [-0.1, -0.05) is 22.4 Å². The molecule has 1 heterocycles. The standard InChI is InChI=1S/C14H18BrF3N2/c1-9-4-3-5-10(2)20(9)19-13-7-6-11(15)8-12(13)14(16,17)18/h6-10,19H,3-5H2,1-2H3. The maximum atomic E-state index is 13.1. The van der Waals surface area contributed by atoms with E-state index in [0.29, 0.717) is 4.47 Å². The molecular weight excluding hydrogens is 333 g/mol. The van der Waals surface area contributed by atoms with Gasteiger partial charge in [0.2, 0.25) is 0 Å². The smallest absolute Gasteiger partial charge is 0.318 e. The first-order chi connectivity index (χ1) is 9.29.